The number of ether oxygens (including phenoxy) is 1. The first-order valence-corrected chi connectivity index (χ1v) is 7.60. The number of nitrogens with two attached hydrogens (primary N) is 1. The highest BCUT2D eigenvalue weighted by Gasteiger charge is 2.06. The summed E-state index contributed by atoms with van der Waals surface area (Å²) in [6, 6.07) is 3.51. The van der Waals surface area contributed by atoms with Crippen LogP contribution in [0.3, 0.4) is 0 Å². The number of aromatic nitrogens is 1. The molecule has 0 bridgehead atoms. The van der Waals surface area contributed by atoms with E-state index in [-0.39, 0.29) is 0 Å². The Hall–Kier alpha value is -1.42. The topological polar surface area (TPSA) is 56.2 Å². The first-order chi connectivity index (χ1) is 9.74. The third-order valence-corrected chi connectivity index (χ3v) is 3.28. The summed E-state index contributed by atoms with van der Waals surface area (Å²) in [6.07, 6.45) is 12.6. The van der Waals surface area contributed by atoms with Crippen LogP contribution < -0.4 is 10.3 Å². The number of nitrogens with zero attached hydrogens (tertiary/aromatic N) is 1. The number of primary amides is 1. The first-order valence-electron chi connectivity index (χ1n) is 7.60. The fraction of sp³-hybridized carbons (Fsp3) is 0.625. The zero-order valence-electron chi connectivity index (χ0n) is 12.5. The normalized spacial score (nSPS) is 10.7. The lowest BCUT2D eigenvalue weighted by Crippen LogP contribution is -2.36. The fourth-order valence-electron chi connectivity index (χ4n) is 2.08. The Balaban J connectivity index is 2.06. The second-order valence-corrected chi connectivity index (χ2v) is 5.13. The van der Waals surface area contributed by atoms with Gasteiger partial charge in [0.05, 0.1) is 6.61 Å². The Kier molecular flexibility index (Phi) is 8.63. The number of pyridine rings is 1. The number of hydrogen-bond donors (Lipinski definition) is 1. The molecule has 1 aromatic heterocycles. The van der Waals surface area contributed by atoms with Gasteiger partial charge in [0.25, 0.3) is 12.6 Å². The van der Waals surface area contributed by atoms with Gasteiger partial charge in [0, 0.05) is 6.07 Å². The van der Waals surface area contributed by atoms with Gasteiger partial charge in [-0.3, -0.25) is 4.79 Å². The van der Waals surface area contributed by atoms with E-state index in [0.29, 0.717) is 12.3 Å². The Morgan fingerprint density at radius 1 is 1.20 bits per heavy atom. The van der Waals surface area contributed by atoms with Crippen LogP contribution in [-0.4, -0.2) is 12.5 Å². The molecule has 1 aromatic rings. The van der Waals surface area contributed by atoms with Crippen LogP contribution in [0.4, 0.5) is 0 Å². The molecule has 0 unspecified atom stereocenters. The van der Waals surface area contributed by atoms with E-state index in [9.17, 15) is 4.79 Å². The molecule has 0 atom stereocenters. The summed E-state index contributed by atoms with van der Waals surface area (Å²) >= 11 is 0. The molecule has 4 nitrogen and oxygen atoms in total. The van der Waals surface area contributed by atoms with Gasteiger partial charge in [0.15, 0.2) is 12.4 Å². The molecule has 4 heteroatoms. The van der Waals surface area contributed by atoms with E-state index >= 15 is 0 Å². The van der Waals surface area contributed by atoms with Crippen molar-refractivity contribution in [2.45, 2.75) is 58.6 Å². The number of rotatable bonds is 11. The lowest BCUT2D eigenvalue weighted by molar-refractivity contribution is -0.732. The molecule has 0 aliphatic heterocycles. The SMILES string of the molecule is CCCCCCCCCOC[n+]1cccc(C(N)=O)c1. The maximum Gasteiger partial charge on any atom is 0.254 e. The minimum absolute atomic E-state index is 0.411. The Morgan fingerprint density at radius 3 is 2.60 bits per heavy atom. The van der Waals surface area contributed by atoms with Crippen molar-refractivity contribution in [1.29, 1.82) is 0 Å². The molecule has 0 saturated heterocycles. The number of carbonyl (C=O) groups is 1. The minimum atomic E-state index is -0.411. The van der Waals surface area contributed by atoms with E-state index in [4.69, 9.17) is 10.5 Å². The van der Waals surface area contributed by atoms with Crippen molar-refractivity contribution in [3.63, 3.8) is 0 Å². The monoisotopic (exact) mass is 279 g/mol. The first kappa shape index (κ1) is 16.6. The Labute approximate surface area is 121 Å². The summed E-state index contributed by atoms with van der Waals surface area (Å²) in [5, 5.41) is 0. The summed E-state index contributed by atoms with van der Waals surface area (Å²) in [5.74, 6) is -0.411. The fourth-order valence-corrected chi connectivity index (χ4v) is 2.08. The summed E-state index contributed by atoms with van der Waals surface area (Å²) in [7, 11) is 0. The standard InChI is InChI=1S/C16H26N2O2/c1-2-3-4-5-6-7-8-12-20-14-18-11-9-10-15(13-18)16(17)19/h9-11,13H,2-8,12,14H2,1H3,(H-,17,19)/p+1. The van der Waals surface area contributed by atoms with Crippen LogP contribution in [0.1, 0.15) is 62.2 Å². The van der Waals surface area contributed by atoms with Gasteiger partial charge in [-0.25, -0.2) is 0 Å². The predicted molar refractivity (Wildman–Crippen MR) is 79.1 cm³/mol. The van der Waals surface area contributed by atoms with Crippen LogP contribution in [0.15, 0.2) is 24.5 Å². The molecular weight excluding hydrogens is 252 g/mol. The molecule has 20 heavy (non-hydrogen) atoms. The van der Waals surface area contributed by atoms with Gasteiger partial charge in [-0.05, 0) is 12.5 Å². The van der Waals surface area contributed by atoms with Gasteiger partial charge in [-0.2, -0.15) is 4.57 Å². The van der Waals surface area contributed by atoms with Crippen LogP contribution in [0.5, 0.6) is 0 Å². The van der Waals surface area contributed by atoms with Crippen LogP contribution in [0, 0.1) is 0 Å². The van der Waals surface area contributed by atoms with Gasteiger partial charge < -0.3 is 10.5 Å². The van der Waals surface area contributed by atoms with Gasteiger partial charge in [-0.15, -0.1) is 0 Å². The maximum absolute atomic E-state index is 11.0. The van der Waals surface area contributed by atoms with Gasteiger partial charge >= 0.3 is 0 Å². The highest BCUT2D eigenvalue weighted by molar-refractivity contribution is 5.92. The van der Waals surface area contributed by atoms with Gasteiger partial charge in [0.2, 0.25) is 0 Å². The molecule has 0 aliphatic rings. The van der Waals surface area contributed by atoms with Crippen molar-refractivity contribution in [3.8, 4) is 0 Å². The van der Waals surface area contributed by atoms with Crippen LogP contribution in [0.2, 0.25) is 0 Å². The predicted octanol–water partition coefficient (Wildman–Crippen LogP) is 2.80. The van der Waals surface area contributed by atoms with Gasteiger partial charge in [-0.1, -0.05) is 45.4 Å². The third kappa shape index (κ3) is 7.24. The summed E-state index contributed by atoms with van der Waals surface area (Å²) in [6.45, 7) is 3.47. The number of amides is 1. The second kappa shape index (κ2) is 10.4. The molecule has 2 N–H and O–H groups in total. The van der Waals surface area contributed by atoms with E-state index in [1.807, 2.05) is 10.8 Å². The lowest BCUT2D eigenvalue weighted by atomic mass is 10.1. The van der Waals surface area contributed by atoms with Crippen molar-refractivity contribution in [1.82, 2.24) is 0 Å². The largest absolute Gasteiger partial charge is 0.365 e. The quantitative estimate of drug-likeness (QED) is 0.500. The van der Waals surface area contributed by atoms with Crippen molar-refractivity contribution >= 4 is 5.91 Å². The second-order valence-electron chi connectivity index (χ2n) is 5.13. The van der Waals surface area contributed by atoms with Gasteiger partial charge in [0.1, 0.15) is 5.56 Å². The molecule has 0 aromatic carbocycles. The zero-order chi connectivity index (χ0) is 14.6. The molecule has 0 aliphatic carbocycles. The molecule has 0 spiro atoms. The molecule has 0 fully saturated rings. The molecule has 1 rings (SSSR count). The maximum atomic E-state index is 11.0. The summed E-state index contributed by atoms with van der Waals surface area (Å²) in [5.41, 5.74) is 5.74. The van der Waals surface area contributed by atoms with E-state index in [0.717, 1.165) is 13.0 Å². The van der Waals surface area contributed by atoms with Crippen molar-refractivity contribution in [3.05, 3.63) is 30.1 Å². The van der Waals surface area contributed by atoms with E-state index in [1.54, 1.807) is 18.3 Å². The Bertz CT molecular complexity index is 394. The zero-order valence-corrected chi connectivity index (χ0v) is 12.5. The number of hydrogen-bond acceptors (Lipinski definition) is 2. The third-order valence-electron chi connectivity index (χ3n) is 3.28. The van der Waals surface area contributed by atoms with Crippen molar-refractivity contribution < 1.29 is 14.1 Å². The van der Waals surface area contributed by atoms with E-state index in [1.165, 1.54) is 38.5 Å². The molecule has 1 amide bonds. The Morgan fingerprint density at radius 2 is 1.90 bits per heavy atom. The highest BCUT2D eigenvalue weighted by Crippen LogP contribution is 2.06. The molecule has 0 saturated carbocycles. The average molecular weight is 279 g/mol. The molecule has 0 radical (unpaired) electrons. The van der Waals surface area contributed by atoms with Crippen molar-refractivity contribution in [2.24, 2.45) is 5.73 Å². The van der Waals surface area contributed by atoms with E-state index in [2.05, 4.69) is 6.92 Å². The summed E-state index contributed by atoms with van der Waals surface area (Å²) in [4.78, 5) is 11.0. The lowest BCUT2D eigenvalue weighted by Gasteiger charge is -2.02. The number of unbranched alkanes of at least 4 members (excludes halogenated alkanes) is 6. The van der Waals surface area contributed by atoms with Crippen LogP contribution in [-0.2, 0) is 11.5 Å². The smallest absolute Gasteiger partial charge is 0.254 e. The highest BCUT2D eigenvalue weighted by atomic mass is 16.5. The van der Waals surface area contributed by atoms with Crippen molar-refractivity contribution in [2.75, 3.05) is 6.61 Å². The molecule has 112 valence electrons. The average Bonchev–Trinajstić information content (AvgIpc) is 2.46. The number of carbonyl (C=O) groups excluding carboxylic acids is 1. The van der Waals surface area contributed by atoms with Crippen LogP contribution in [0.25, 0.3) is 0 Å². The molecule has 1 heterocycles. The van der Waals surface area contributed by atoms with E-state index < -0.39 is 5.91 Å². The van der Waals surface area contributed by atoms with Crippen LogP contribution >= 0.6 is 0 Å². The molecular formula is C16H27N2O2+. The minimum Gasteiger partial charge on any atom is -0.365 e. The summed E-state index contributed by atoms with van der Waals surface area (Å²) < 4.78 is 7.43.